The maximum absolute atomic E-state index is 12.4. The largest absolute Gasteiger partial charge is 0.426 e. The number of hydrogen-bond acceptors (Lipinski definition) is 2. The number of carbonyl (C=O) groups is 1. The second-order valence-corrected chi connectivity index (χ2v) is 6.75. The molecule has 0 spiro atoms. The zero-order chi connectivity index (χ0) is 17.0. The lowest BCUT2D eigenvalue weighted by molar-refractivity contribution is -0.135. The van der Waals surface area contributed by atoms with E-state index in [1.54, 1.807) is 0 Å². The summed E-state index contributed by atoms with van der Waals surface area (Å²) in [4.78, 5) is 12.4. The molecule has 0 radical (unpaired) electrons. The third kappa shape index (κ3) is 4.69. The fourth-order valence-electron chi connectivity index (χ4n) is 2.56. The van der Waals surface area contributed by atoms with Gasteiger partial charge in [-0.1, -0.05) is 50.2 Å². The number of aryl methyl sites for hydroxylation is 2. The lowest BCUT2D eigenvalue weighted by Crippen LogP contribution is -2.16. The summed E-state index contributed by atoms with van der Waals surface area (Å²) in [6.07, 6.45) is 1.06. The van der Waals surface area contributed by atoms with Crippen LogP contribution < -0.4 is 4.74 Å². The molecule has 0 N–H and O–H groups in total. The number of ether oxygens (including phenoxy) is 1. The lowest BCUT2D eigenvalue weighted by atomic mass is 9.97. The van der Waals surface area contributed by atoms with E-state index < -0.39 is 0 Å². The minimum absolute atomic E-state index is 0.213. The molecule has 2 heteroatoms. The van der Waals surface area contributed by atoms with Gasteiger partial charge in [0.25, 0.3) is 0 Å². The van der Waals surface area contributed by atoms with E-state index in [1.807, 2.05) is 51.1 Å². The Labute approximate surface area is 139 Å². The molecule has 1 atom stereocenters. The Balaban J connectivity index is 2.08. The fourth-order valence-corrected chi connectivity index (χ4v) is 2.56. The van der Waals surface area contributed by atoms with E-state index in [2.05, 4.69) is 26.0 Å². The predicted octanol–water partition coefficient (Wildman–Crippen LogP) is 5.21. The number of rotatable bonds is 5. The molecule has 0 bridgehead atoms. The SMILES string of the molecule is Cc1ccc(C)c(OC(=O)[C@@H](C)c2ccc(CC(C)C)cc2)c1. The molecule has 122 valence electrons. The van der Waals surface area contributed by atoms with Gasteiger partial charge in [0.1, 0.15) is 5.75 Å². The van der Waals surface area contributed by atoms with Crippen LogP contribution in [0.25, 0.3) is 0 Å². The Bertz CT molecular complexity index is 669. The number of carbonyl (C=O) groups excluding carboxylic acids is 1. The molecule has 0 aliphatic rings. The van der Waals surface area contributed by atoms with E-state index in [0.717, 1.165) is 23.1 Å². The number of hydrogen-bond donors (Lipinski definition) is 0. The first-order valence-corrected chi connectivity index (χ1v) is 8.24. The Morgan fingerprint density at radius 1 is 1.00 bits per heavy atom. The summed E-state index contributed by atoms with van der Waals surface area (Å²) >= 11 is 0. The second kappa shape index (κ2) is 7.45. The average molecular weight is 310 g/mol. The monoisotopic (exact) mass is 310 g/mol. The van der Waals surface area contributed by atoms with Crippen LogP contribution in [0.1, 0.15) is 48.9 Å². The molecular weight excluding hydrogens is 284 g/mol. The summed E-state index contributed by atoms with van der Waals surface area (Å²) in [6.45, 7) is 10.3. The maximum atomic E-state index is 12.4. The molecule has 2 rings (SSSR count). The molecule has 23 heavy (non-hydrogen) atoms. The van der Waals surface area contributed by atoms with Gasteiger partial charge in [0, 0.05) is 0 Å². The van der Waals surface area contributed by atoms with Crippen molar-refractivity contribution in [3.63, 3.8) is 0 Å². The summed E-state index contributed by atoms with van der Waals surface area (Å²) in [5.74, 6) is 0.795. The molecule has 0 aliphatic heterocycles. The summed E-state index contributed by atoms with van der Waals surface area (Å²) in [5, 5.41) is 0. The normalized spacial score (nSPS) is 12.3. The zero-order valence-corrected chi connectivity index (χ0v) is 14.7. The van der Waals surface area contributed by atoms with E-state index in [4.69, 9.17) is 4.74 Å². The molecule has 0 saturated heterocycles. The highest BCUT2D eigenvalue weighted by Crippen LogP contribution is 2.24. The molecule has 0 amide bonds. The van der Waals surface area contributed by atoms with Gasteiger partial charge >= 0.3 is 5.97 Å². The van der Waals surface area contributed by atoms with Crippen molar-refractivity contribution in [3.05, 3.63) is 64.7 Å². The van der Waals surface area contributed by atoms with Crippen LogP contribution in [0.5, 0.6) is 5.75 Å². The highest BCUT2D eigenvalue weighted by Gasteiger charge is 2.18. The van der Waals surface area contributed by atoms with Crippen LogP contribution in [-0.2, 0) is 11.2 Å². The molecule has 0 unspecified atom stereocenters. The zero-order valence-electron chi connectivity index (χ0n) is 14.7. The molecule has 0 aliphatic carbocycles. The number of benzene rings is 2. The van der Waals surface area contributed by atoms with Crippen molar-refractivity contribution in [1.29, 1.82) is 0 Å². The third-order valence-electron chi connectivity index (χ3n) is 4.03. The molecule has 2 nitrogen and oxygen atoms in total. The highest BCUT2D eigenvalue weighted by atomic mass is 16.5. The second-order valence-electron chi connectivity index (χ2n) is 6.75. The molecule has 0 aromatic heterocycles. The van der Waals surface area contributed by atoms with E-state index >= 15 is 0 Å². The van der Waals surface area contributed by atoms with Gasteiger partial charge in [-0.2, -0.15) is 0 Å². The van der Waals surface area contributed by atoms with Gasteiger partial charge in [-0.3, -0.25) is 4.79 Å². The average Bonchev–Trinajstić information content (AvgIpc) is 2.50. The van der Waals surface area contributed by atoms with Gasteiger partial charge in [0.05, 0.1) is 5.92 Å². The Morgan fingerprint density at radius 3 is 2.26 bits per heavy atom. The maximum Gasteiger partial charge on any atom is 0.318 e. The van der Waals surface area contributed by atoms with Crippen LogP contribution >= 0.6 is 0 Å². The van der Waals surface area contributed by atoms with Crippen molar-refractivity contribution in [3.8, 4) is 5.75 Å². The first-order chi connectivity index (χ1) is 10.9. The van der Waals surface area contributed by atoms with Crippen molar-refractivity contribution < 1.29 is 9.53 Å². The van der Waals surface area contributed by atoms with E-state index in [0.29, 0.717) is 11.7 Å². The van der Waals surface area contributed by atoms with Crippen LogP contribution in [0.2, 0.25) is 0 Å². The summed E-state index contributed by atoms with van der Waals surface area (Å²) in [6, 6.07) is 14.2. The van der Waals surface area contributed by atoms with Gasteiger partial charge in [-0.25, -0.2) is 0 Å². The number of esters is 1. The van der Waals surface area contributed by atoms with Crippen molar-refractivity contribution >= 4 is 5.97 Å². The van der Waals surface area contributed by atoms with E-state index in [-0.39, 0.29) is 11.9 Å². The van der Waals surface area contributed by atoms with Gasteiger partial charge in [-0.15, -0.1) is 0 Å². The van der Waals surface area contributed by atoms with Gasteiger partial charge in [0.15, 0.2) is 0 Å². The van der Waals surface area contributed by atoms with Crippen LogP contribution in [0.3, 0.4) is 0 Å². The lowest BCUT2D eigenvalue weighted by Gasteiger charge is -2.14. The Hall–Kier alpha value is -2.09. The van der Waals surface area contributed by atoms with Crippen LogP contribution in [0.4, 0.5) is 0 Å². The van der Waals surface area contributed by atoms with Crippen molar-refractivity contribution in [1.82, 2.24) is 0 Å². The van der Waals surface area contributed by atoms with Gasteiger partial charge in [0.2, 0.25) is 0 Å². The molecular formula is C21H26O2. The van der Waals surface area contributed by atoms with E-state index in [9.17, 15) is 4.79 Å². The van der Waals surface area contributed by atoms with Crippen LogP contribution in [-0.4, -0.2) is 5.97 Å². The Kier molecular flexibility index (Phi) is 5.59. The summed E-state index contributed by atoms with van der Waals surface area (Å²) < 4.78 is 5.60. The third-order valence-corrected chi connectivity index (χ3v) is 4.03. The smallest absolute Gasteiger partial charge is 0.318 e. The predicted molar refractivity (Wildman–Crippen MR) is 95.0 cm³/mol. The van der Waals surface area contributed by atoms with Crippen molar-refractivity contribution in [2.45, 2.75) is 47.0 Å². The molecule has 0 heterocycles. The summed E-state index contributed by atoms with van der Waals surface area (Å²) in [7, 11) is 0. The van der Waals surface area contributed by atoms with Crippen molar-refractivity contribution in [2.75, 3.05) is 0 Å². The topological polar surface area (TPSA) is 26.3 Å². The minimum Gasteiger partial charge on any atom is -0.426 e. The standard InChI is InChI=1S/C21H26O2/c1-14(2)12-18-8-10-19(11-9-18)17(5)21(22)23-20-13-15(3)6-7-16(20)4/h6-11,13-14,17H,12H2,1-5H3/t17-/m0/s1. The molecule has 0 fully saturated rings. The Morgan fingerprint density at radius 2 is 1.65 bits per heavy atom. The first-order valence-electron chi connectivity index (χ1n) is 8.24. The van der Waals surface area contributed by atoms with E-state index in [1.165, 1.54) is 5.56 Å². The fraction of sp³-hybridized carbons (Fsp3) is 0.381. The molecule has 0 saturated carbocycles. The first kappa shape index (κ1) is 17.3. The van der Waals surface area contributed by atoms with Crippen LogP contribution in [0.15, 0.2) is 42.5 Å². The molecule has 2 aromatic rings. The molecule has 2 aromatic carbocycles. The van der Waals surface area contributed by atoms with Gasteiger partial charge in [-0.05, 0) is 61.4 Å². The minimum atomic E-state index is -0.275. The quantitative estimate of drug-likeness (QED) is 0.559. The highest BCUT2D eigenvalue weighted by molar-refractivity contribution is 5.80. The summed E-state index contributed by atoms with van der Waals surface area (Å²) in [5.41, 5.74) is 4.36. The van der Waals surface area contributed by atoms with Gasteiger partial charge < -0.3 is 4.74 Å². The van der Waals surface area contributed by atoms with Crippen molar-refractivity contribution in [2.24, 2.45) is 5.92 Å². The van der Waals surface area contributed by atoms with Crippen LogP contribution in [0, 0.1) is 19.8 Å².